The average molecular weight is 229 g/mol. The number of rotatable bonds is 4. The second-order valence-corrected chi connectivity index (χ2v) is 14.4. The molecular weight excluding hydrogens is 206 g/mol. The van der Waals surface area contributed by atoms with Crippen molar-refractivity contribution in [2.24, 2.45) is 4.99 Å². The fraction of sp³-hybridized carbons (Fsp3) is 0.909. The average Bonchev–Trinajstić information content (AvgIpc) is 2.13. The molecule has 0 aromatic carbocycles. The largest absolute Gasteiger partial charge is 0.293 e. The molecule has 14 heavy (non-hydrogen) atoms. The molecule has 0 N–H and O–H groups in total. The minimum atomic E-state index is -0.897. The van der Waals surface area contributed by atoms with E-state index in [4.69, 9.17) is 4.99 Å². The molecule has 0 spiro atoms. The molecule has 1 fully saturated rings. The maximum Gasteiger partial charge on any atom is 0.108 e. The minimum absolute atomic E-state index is 0.897. The van der Waals surface area contributed by atoms with Gasteiger partial charge in [0, 0.05) is 18.0 Å². The van der Waals surface area contributed by atoms with Crippen molar-refractivity contribution >= 4 is 24.1 Å². The molecule has 0 saturated heterocycles. The van der Waals surface area contributed by atoms with Crippen molar-refractivity contribution in [3.8, 4) is 0 Å². The van der Waals surface area contributed by atoms with E-state index < -0.39 is 7.22 Å². The molecule has 3 heteroatoms. The number of nitrogens with zero attached hydrogens (tertiary/aromatic N) is 1. The molecule has 82 valence electrons. The molecule has 1 aliphatic rings. The van der Waals surface area contributed by atoms with Gasteiger partial charge in [0.25, 0.3) is 0 Å². The van der Waals surface area contributed by atoms with Crippen molar-refractivity contribution in [1.82, 2.24) is 0 Å². The molecule has 0 radical (unpaired) electrons. The van der Waals surface area contributed by atoms with Gasteiger partial charge >= 0.3 is 0 Å². The fourth-order valence-electron chi connectivity index (χ4n) is 1.67. The van der Waals surface area contributed by atoms with Crippen molar-refractivity contribution in [3.05, 3.63) is 0 Å². The molecular formula is C11H23NSSi. The minimum Gasteiger partial charge on any atom is -0.293 e. The molecule has 0 heterocycles. The highest BCUT2D eigenvalue weighted by Crippen LogP contribution is 2.19. The summed E-state index contributed by atoms with van der Waals surface area (Å²) in [4.78, 5) is 4.70. The summed E-state index contributed by atoms with van der Waals surface area (Å²) in [5.41, 5.74) is 1.49. The first-order chi connectivity index (χ1) is 6.58. The lowest BCUT2D eigenvalue weighted by Crippen LogP contribution is -2.15. The summed E-state index contributed by atoms with van der Waals surface area (Å²) in [6.45, 7) is 8.28. The molecule has 1 rings (SSSR count). The van der Waals surface area contributed by atoms with E-state index in [1.165, 1.54) is 43.6 Å². The topological polar surface area (TPSA) is 12.4 Å². The first kappa shape index (κ1) is 12.3. The van der Waals surface area contributed by atoms with Gasteiger partial charge in [-0.3, -0.25) is 4.99 Å². The molecule has 0 aromatic rings. The molecule has 1 saturated carbocycles. The van der Waals surface area contributed by atoms with E-state index >= 15 is 0 Å². The summed E-state index contributed by atoms with van der Waals surface area (Å²) in [5, 5.41) is 0. The van der Waals surface area contributed by atoms with E-state index in [1.807, 2.05) is 0 Å². The van der Waals surface area contributed by atoms with E-state index in [-0.39, 0.29) is 0 Å². The van der Waals surface area contributed by atoms with Crippen LogP contribution in [0.15, 0.2) is 4.99 Å². The Hall–Kier alpha value is 0.237. The van der Waals surface area contributed by atoms with Gasteiger partial charge in [-0.25, -0.2) is 0 Å². The van der Waals surface area contributed by atoms with Crippen LogP contribution in [0.25, 0.3) is 0 Å². The summed E-state index contributed by atoms with van der Waals surface area (Å²) >= 11 is 2.15. The third-order valence-corrected chi connectivity index (χ3v) is 6.86. The van der Waals surface area contributed by atoms with Crippen molar-refractivity contribution < 1.29 is 0 Å². The predicted octanol–water partition coefficient (Wildman–Crippen LogP) is 3.96. The van der Waals surface area contributed by atoms with Crippen LogP contribution in [0.2, 0.25) is 19.6 Å². The Kier molecular flexibility index (Phi) is 5.24. The van der Waals surface area contributed by atoms with Gasteiger partial charge in [0.15, 0.2) is 0 Å². The van der Waals surface area contributed by atoms with Crippen LogP contribution in [-0.2, 0) is 0 Å². The lowest BCUT2D eigenvalue weighted by molar-refractivity contribution is 0.664. The molecule has 0 aliphatic heterocycles. The second kappa shape index (κ2) is 5.96. The van der Waals surface area contributed by atoms with Gasteiger partial charge in [-0.15, -0.1) is 0 Å². The van der Waals surface area contributed by atoms with Crippen LogP contribution in [0, 0.1) is 0 Å². The van der Waals surface area contributed by atoms with Crippen molar-refractivity contribution in [2.45, 2.75) is 51.7 Å². The van der Waals surface area contributed by atoms with E-state index in [0.717, 1.165) is 6.54 Å². The fourth-order valence-corrected chi connectivity index (χ4v) is 4.58. The summed E-state index contributed by atoms with van der Waals surface area (Å²) < 4.78 is 0. The van der Waals surface area contributed by atoms with Crippen molar-refractivity contribution in [1.29, 1.82) is 0 Å². The zero-order valence-corrected chi connectivity index (χ0v) is 11.6. The SMILES string of the molecule is C[Si](C)(C)SCCN=C1CCCCC1. The number of aliphatic imine (C=N–C) groups is 1. The lowest BCUT2D eigenvalue weighted by Gasteiger charge is -2.15. The second-order valence-electron chi connectivity index (χ2n) is 4.97. The lowest BCUT2D eigenvalue weighted by atomic mass is 9.99. The first-order valence-electron chi connectivity index (χ1n) is 5.74. The molecule has 0 aromatic heterocycles. The monoisotopic (exact) mass is 229 g/mol. The highest BCUT2D eigenvalue weighted by Gasteiger charge is 2.12. The van der Waals surface area contributed by atoms with Gasteiger partial charge in [0.05, 0.1) is 0 Å². The standard InChI is InChI=1S/C11H23NSSi/c1-14(2,3)13-10-9-12-11-7-5-4-6-8-11/h4-10H2,1-3H3. The zero-order valence-electron chi connectivity index (χ0n) is 9.81. The summed E-state index contributed by atoms with van der Waals surface area (Å²) in [7, 11) is -0.897. The third kappa shape index (κ3) is 5.86. The Morgan fingerprint density at radius 1 is 1.14 bits per heavy atom. The zero-order chi connectivity index (χ0) is 10.4. The van der Waals surface area contributed by atoms with E-state index in [2.05, 4.69) is 30.9 Å². The maximum atomic E-state index is 4.70. The molecule has 0 atom stereocenters. The smallest absolute Gasteiger partial charge is 0.108 e. The van der Waals surface area contributed by atoms with Crippen LogP contribution >= 0.6 is 11.2 Å². The predicted molar refractivity (Wildman–Crippen MR) is 71.2 cm³/mol. The molecule has 0 bridgehead atoms. The van der Waals surface area contributed by atoms with Gasteiger partial charge < -0.3 is 0 Å². The first-order valence-corrected chi connectivity index (χ1v) is 11.0. The van der Waals surface area contributed by atoms with Crippen LogP contribution in [0.4, 0.5) is 0 Å². The normalized spacial score (nSPS) is 18.4. The summed E-state index contributed by atoms with van der Waals surface area (Å²) in [6.07, 6.45) is 6.72. The molecule has 1 aliphatic carbocycles. The van der Waals surface area contributed by atoms with Crippen LogP contribution < -0.4 is 0 Å². The maximum absolute atomic E-state index is 4.70. The molecule has 1 nitrogen and oxygen atoms in total. The summed E-state index contributed by atoms with van der Waals surface area (Å²) in [5.74, 6) is 1.24. The Morgan fingerprint density at radius 3 is 2.36 bits per heavy atom. The Bertz CT molecular complexity index is 188. The van der Waals surface area contributed by atoms with E-state index in [9.17, 15) is 0 Å². The Balaban J connectivity index is 2.13. The van der Waals surface area contributed by atoms with Gasteiger partial charge in [0.2, 0.25) is 0 Å². The Morgan fingerprint density at radius 2 is 1.79 bits per heavy atom. The highest BCUT2D eigenvalue weighted by atomic mass is 32.4. The number of hydrogen-bond acceptors (Lipinski definition) is 2. The van der Waals surface area contributed by atoms with Crippen molar-refractivity contribution in [3.63, 3.8) is 0 Å². The summed E-state index contributed by atoms with van der Waals surface area (Å²) in [6, 6.07) is 0. The van der Waals surface area contributed by atoms with Crippen LogP contribution in [0.5, 0.6) is 0 Å². The van der Waals surface area contributed by atoms with Crippen molar-refractivity contribution in [2.75, 3.05) is 12.3 Å². The van der Waals surface area contributed by atoms with Gasteiger partial charge in [-0.1, -0.05) is 26.1 Å². The highest BCUT2D eigenvalue weighted by molar-refractivity contribution is 8.28. The van der Waals surface area contributed by atoms with Gasteiger partial charge in [0.1, 0.15) is 7.22 Å². The molecule has 0 amide bonds. The van der Waals surface area contributed by atoms with Crippen LogP contribution in [-0.4, -0.2) is 25.2 Å². The van der Waals surface area contributed by atoms with Gasteiger partial charge in [-0.05, 0) is 25.7 Å². The van der Waals surface area contributed by atoms with Crippen LogP contribution in [0.1, 0.15) is 32.1 Å². The van der Waals surface area contributed by atoms with Gasteiger partial charge in [-0.2, -0.15) is 11.2 Å². The third-order valence-electron chi connectivity index (χ3n) is 2.39. The molecule has 0 unspecified atom stereocenters. The Labute approximate surface area is 93.4 Å². The quantitative estimate of drug-likeness (QED) is 0.525. The van der Waals surface area contributed by atoms with E-state index in [1.54, 1.807) is 0 Å². The van der Waals surface area contributed by atoms with Crippen LogP contribution in [0.3, 0.4) is 0 Å². The number of hydrogen-bond donors (Lipinski definition) is 0. The van der Waals surface area contributed by atoms with E-state index in [0.29, 0.717) is 0 Å².